The number of hydrogen-bond acceptors (Lipinski definition) is 2. The maximum absolute atomic E-state index is 6.24. The van der Waals surface area contributed by atoms with Crippen LogP contribution in [-0.4, -0.2) is 6.04 Å². The van der Waals surface area contributed by atoms with Gasteiger partial charge in [-0.1, -0.05) is 47.5 Å². The van der Waals surface area contributed by atoms with Crippen LogP contribution in [0.5, 0.6) is 5.75 Å². The minimum absolute atomic E-state index is 0.130. The summed E-state index contributed by atoms with van der Waals surface area (Å²) in [5.74, 6) is 0.709. The van der Waals surface area contributed by atoms with E-state index < -0.39 is 0 Å². The van der Waals surface area contributed by atoms with Crippen molar-refractivity contribution in [3.05, 3.63) is 64.2 Å². The van der Waals surface area contributed by atoms with Crippen molar-refractivity contribution in [2.24, 2.45) is 5.73 Å². The van der Waals surface area contributed by atoms with Gasteiger partial charge in [-0.25, -0.2) is 0 Å². The lowest BCUT2D eigenvalue weighted by Crippen LogP contribution is -2.17. The molecule has 0 spiro atoms. The van der Waals surface area contributed by atoms with Crippen LogP contribution in [0.3, 0.4) is 0 Å². The Kier molecular flexibility index (Phi) is 5.05. The van der Waals surface area contributed by atoms with Gasteiger partial charge in [0, 0.05) is 6.04 Å². The highest BCUT2D eigenvalue weighted by atomic mass is 35.5. The lowest BCUT2D eigenvalue weighted by Gasteiger charge is -2.11. The fourth-order valence-electron chi connectivity index (χ4n) is 2.01. The molecule has 0 aliphatic rings. The molecule has 0 bridgehead atoms. The predicted octanol–water partition coefficient (Wildman–Crippen LogP) is 4.12. The Bertz CT molecular complexity index is 564. The standard InChI is InChI=1S/C17H20ClNO/c1-12-3-5-14(6-4-12)11-20-17-8-7-15(9-13(2)19)10-16(17)18/h3-8,10,13H,9,11,19H2,1-2H3. The zero-order valence-electron chi connectivity index (χ0n) is 11.9. The minimum atomic E-state index is 0.130. The molecule has 0 saturated carbocycles. The quantitative estimate of drug-likeness (QED) is 0.899. The molecule has 0 saturated heterocycles. The summed E-state index contributed by atoms with van der Waals surface area (Å²) in [6.45, 7) is 4.57. The molecule has 2 N–H and O–H groups in total. The molecular formula is C17H20ClNO. The van der Waals surface area contributed by atoms with E-state index in [1.165, 1.54) is 5.56 Å². The van der Waals surface area contributed by atoms with Gasteiger partial charge in [-0.15, -0.1) is 0 Å². The molecule has 0 aliphatic carbocycles. The molecular weight excluding hydrogens is 270 g/mol. The molecule has 0 heterocycles. The Balaban J connectivity index is 2.01. The topological polar surface area (TPSA) is 35.2 Å². The number of nitrogens with two attached hydrogens (primary N) is 1. The zero-order valence-corrected chi connectivity index (χ0v) is 12.7. The first-order valence-electron chi connectivity index (χ1n) is 6.77. The summed E-state index contributed by atoms with van der Waals surface area (Å²) in [6, 6.07) is 14.3. The number of hydrogen-bond donors (Lipinski definition) is 1. The highest BCUT2D eigenvalue weighted by molar-refractivity contribution is 6.32. The van der Waals surface area contributed by atoms with E-state index in [-0.39, 0.29) is 6.04 Å². The van der Waals surface area contributed by atoms with E-state index in [1.807, 2.05) is 25.1 Å². The number of aryl methyl sites for hydroxylation is 1. The van der Waals surface area contributed by atoms with Crippen LogP contribution in [0.25, 0.3) is 0 Å². The van der Waals surface area contributed by atoms with E-state index in [9.17, 15) is 0 Å². The van der Waals surface area contributed by atoms with Crippen molar-refractivity contribution in [3.8, 4) is 5.75 Å². The van der Waals surface area contributed by atoms with Gasteiger partial charge >= 0.3 is 0 Å². The van der Waals surface area contributed by atoms with E-state index in [0.717, 1.165) is 17.5 Å². The second kappa shape index (κ2) is 6.78. The summed E-state index contributed by atoms with van der Waals surface area (Å²) in [7, 11) is 0. The average Bonchev–Trinajstić information content (AvgIpc) is 2.39. The Morgan fingerprint density at radius 2 is 1.75 bits per heavy atom. The van der Waals surface area contributed by atoms with Crippen molar-refractivity contribution < 1.29 is 4.74 Å². The second-order valence-corrected chi connectivity index (χ2v) is 5.63. The molecule has 2 rings (SSSR count). The van der Waals surface area contributed by atoms with E-state index >= 15 is 0 Å². The molecule has 2 aromatic carbocycles. The van der Waals surface area contributed by atoms with Crippen molar-refractivity contribution in [1.82, 2.24) is 0 Å². The summed E-state index contributed by atoms with van der Waals surface area (Å²) >= 11 is 6.24. The summed E-state index contributed by atoms with van der Waals surface area (Å²) < 4.78 is 5.76. The maximum atomic E-state index is 6.24. The van der Waals surface area contributed by atoms with Crippen molar-refractivity contribution >= 4 is 11.6 Å². The third-order valence-corrected chi connectivity index (χ3v) is 3.36. The molecule has 1 unspecified atom stereocenters. The van der Waals surface area contributed by atoms with Gasteiger partial charge < -0.3 is 10.5 Å². The van der Waals surface area contributed by atoms with Crippen LogP contribution >= 0.6 is 11.6 Å². The van der Waals surface area contributed by atoms with Crippen molar-refractivity contribution in [2.45, 2.75) is 32.9 Å². The lowest BCUT2D eigenvalue weighted by molar-refractivity contribution is 0.306. The fraction of sp³-hybridized carbons (Fsp3) is 0.294. The van der Waals surface area contributed by atoms with Crippen LogP contribution in [0, 0.1) is 6.92 Å². The SMILES string of the molecule is Cc1ccc(COc2ccc(CC(C)N)cc2Cl)cc1. The first-order chi connectivity index (χ1) is 9.54. The molecule has 2 nitrogen and oxygen atoms in total. The monoisotopic (exact) mass is 289 g/mol. The van der Waals surface area contributed by atoms with Gasteiger partial charge in [0.15, 0.2) is 0 Å². The first kappa shape index (κ1) is 14.9. The smallest absolute Gasteiger partial charge is 0.138 e. The van der Waals surface area contributed by atoms with Gasteiger partial charge in [-0.2, -0.15) is 0 Å². The Hall–Kier alpha value is -1.51. The van der Waals surface area contributed by atoms with Gasteiger partial charge in [-0.05, 0) is 43.5 Å². The molecule has 106 valence electrons. The zero-order chi connectivity index (χ0) is 14.5. The van der Waals surface area contributed by atoms with Gasteiger partial charge in [0.1, 0.15) is 12.4 Å². The van der Waals surface area contributed by atoms with Gasteiger partial charge in [0.2, 0.25) is 0 Å². The van der Waals surface area contributed by atoms with E-state index in [2.05, 4.69) is 31.2 Å². The highest BCUT2D eigenvalue weighted by Crippen LogP contribution is 2.26. The summed E-state index contributed by atoms with van der Waals surface area (Å²) in [5, 5.41) is 0.635. The Morgan fingerprint density at radius 3 is 2.35 bits per heavy atom. The third kappa shape index (κ3) is 4.26. The van der Waals surface area contributed by atoms with Crippen LogP contribution in [0.15, 0.2) is 42.5 Å². The van der Waals surface area contributed by atoms with Gasteiger partial charge in [-0.3, -0.25) is 0 Å². The van der Waals surface area contributed by atoms with Crippen LogP contribution in [0.1, 0.15) is 23.6 Å². The molecule has 0 aromatic heterocycles. The number of ether oxygens (including phenoxy) is 1. The normalized spacial score (nSPS) is 12.2. The molecule has 0 radical (unpaired) electrons. The summed E-state index contributed by atoms with van der Waals surface area (Å²) in [4.78, 5) is 0. The van der Waals surface area contributed by atoms with Gasteiger partial charge in [0.05, 0.1) is 5.02 Å². The molecule has 0 aliphatic heterocycles. The summed E-state index contributed by atoms with van der Waals surface area (Å²) in [5.41, 5.74) is 9.29. The number of halogens is 1. The van der Waals surface area contributed by atoms with Crippen LogP contribution < -0.4 is 10.5 Å². The molecule has 0 fully saturated rings. The average molecular weight is 290 g/mol. The maximum Gasteiger partial charge on any atom is 0.138 e. The molecule has 1 atom stereocenters. The Morgan fingerprint density at radius 1 is 1.10 bits per heavy atom. The largest absolute Gasteiger partial charge is 0.487 e. The van der Waals surface area contributed by atoms with Crippen molar-refractivity contribution in [3.63, 3.8) is 0 Å². The second-order valence-electron chi connectivity index (χ2n) is 5.22. The third-order valence-electron chi connectivity index (χ3n) is 3.07. The van der Waals surface area contributed by atoms with Crippen LogP contribution in [0.4, 0.5) is 0 Å². The van der Waals surface area contributed by atoms with E-state index in [4.69, 9.17) is 22.1 Å². The van der Waals surface area contributed by atoms with Crippen LogP contribution in [-0.2, 0) is 13.0 Å². The van der Waals surface area contributed by atoms with E-state index in [0.29, 0.717) is 17.4 Å². The van der Waals surface area contributed by atoms with Crippen LogP contribution in [0.2, 0.25) is 5.02 Å². The number of benzene rings is 2. The minimum Gasteiger partial charge on any atom is -0.487 e. The molecule has 20 heavy (non-hydrogen) atoms. The number of rotatable bonds is 5. The van der Waals surface area contributed by atoms with Crippen molar-refractivity contribution in [1.29, 1.82) is 0 Å². The first-order valence-corrected chi connectivity index (χ1v) is 7.15. The van der Waals surface area contributed by atoms with Gasteiger partial charge in [0.25, 0.3) is 0 Å². The Labute approximate surface area is 125 Å². The van der Waals surface area contributed by atoms with Crippen molar-refractivity contribution in [2.75, 3.05) is 0 Å². The van der Waals surface area contributed by atoms with E-state index in [1.54, 1.807) is 0 Å². The molecule has 0 amide bonds. The lowest BCUT2D eigenvalue weighted by atomic mass is 10.1. The molecule has 2 aromatic rings. The fourth-order valence-corrected chi connectivity index (χ4v) is 2.26. The predicted molar refractivity (Wildman–Crippen MR) is 84.3 cm³/mol. The highest BCUT2D eigenvalue weighted by Gasteiger charge is 2.05. The molecule has 3 heteroatoms. The summed E-state index contributed by atoms with van der Waals surface area (Å²) in [6.07, 6.45) is 0.817.